The van der Waals surface area contributed by atoms with Crippen LogP contribution in [0.25, 0.3) is 0 Å². The van der Waals surface area contributed by atoms with E-state index in [-0.39, 0.29) is 31.8 Å². The minimum absolute atomic E-state index is 0.0259. The van der Waals surface area contributed by atoms with Crippen LogP contribution in [-0.2, 0) is 9.53 Å². The van der Waals surface area contributed by atoms with Gasteiger partial charge in [0.1, 0.15) is 12.4 Å². The predicted octanol–water partition coefficient (Wildman–Crippen LogP) is 0.764. The van der Waals surface area contributed by atoms with Crippen molar-refractivity contribution in [3.8, 4) is 5.75 Å². The number of aliphatic carboxylic acids is 1. The summed E-state index contributed by atoms with van der Waals surface area (Å²) in [7, 11) is 1.58. The van der Waals surface area contributed by atoms with Gasteiger partial charge < -0.3 is 24.6 Å². The number of likely N-dealkylation sites (tertiary alicyclic amines) is 1. The maximum absolute atomic E-state index is 12.5. The zero-order chi connectivity index (χ0) is 16.9. The summed E-state index contributed by atoms with van der Waals surface area (Å²) < 4.78 is 10.4. The molecule has 0 unspecified atom stereocenters. The standard InChI is InChI=1S/C16H21NO6/c1-22-9-10-23-13-4-2-3-12(11-13)14(18)17-7-5-16(21,6-8-17)15(19)20/h2-4,11,21H,5-10H2,1H3,(H,19,20). The van der Waals surface area contributed by atoms with Gasteiger partial charge in [-0.15, -0.1) is 0 Å². The number of carboxylic acid groups (broad SMARTS) is 1. The SMILES string of the molecule is COCCOc1cccc(C(=O)N2CCC(O)(C(=O)O)CC2)c1. The highest BCUT2D eigenvalue weighted by atomic mass is 16.5. The molecule has 1 aromatic carbocycles. The molecule has 7 nitrogen and oxygen atoms in total. The van der Waals surface area contributed by atoms with Crippen LogP contribution in [0.15, 0.2) is 24.3 Å². The topological polar surface area (TPSA) is 96.3 Å². The molecule has 1 aliphatic heterocycles. The molecule has 1 aliphatic rings. The van der Waals surface area contributed by atoms with Gasteiger partial charge in [-0.2, -0.15) is 0 Å². The molecule has 0 aliphatic carbocycles. The van der Waals surface area contributed by atoms with E-state index in [4.69, 9.17) is 14.6 Å². The van der Waals surface area contributed by atoms with Gasteiger partial charge in [0, 0.05) is 38.6 Å². The Labute approximate surface area is 134 Å². The van der Waals surface area contributed by atoms with Crippen molar-refractivity contribution >= 4 is 11.9 Å². The van der Waals surface area contributed by atoms with Crippen molar-refractivity contribution in [2.75, 3.05) is 33.4 Å². The summed E-state index contributed by atoms with van der Waals surface area (Å²) in [4.78, 5) is 25.0. The lowest BCUT2D eigenvalue weighted by Crippen LogP contribution is -2.50. The maximum Gasteiger partial charge on any atom is 0.335 e. The summed E-state index contributed by atoms with van der Waals surface area (Å²) in [5.74, 6) is -0.861. The fraction of sp³-hybridized carbons (Fsp3) is 0.500. The first-order valence-electron chi connectivity index (χ1n) is 7.43. The second-order valence-electron chi connectivity index (χ2n) is 5.50. The molecule has 1 saturated heterocycles. The lowest BCUT2D eigenvalue weighted by Gasteiger charge is -2.35. The van der Waals surface area contributed by atoms with Crippen LogP contribution in [0.1, 0.15) is 23.2 Å². The Balaban J connectivity index is 1.98. The maximum atomic E-state index is 12.5. The molecule has 1 aromatic rings. The summed E-state index contributed by atoms with van der Waals surface area (Å²) in [6.45, 7) is 1.26. The van der Waals surface area contributed by atoms with E-state index >= 15 is 0 Å². The number of nitrogens with zero attached hydrogens (tertiary/aromatic N) is 1. The summed E-state index contributed by atoms with van der Waals surface area (Å²) in [6.07, 6.45) is 0.0518. The summed E-state index contributed by atoms with van der Waals surface area (Å²) in [5.41, 5.74) is -1.26. The highest BCUT2D eigenvalue weighted by molar-refractivity contribution is 5.94. The first-order valence-corrected chi connectivity index (χ1v) is 7.43. The predicted molar refractivity (Wildman–Crippen MR) is 81.5 cm³/mol. The number of piperidine rings is 1. The zero-order valence-corrected chi connectivity index (χ0v) is 13.0. The molecule has 1 fully saturated rings. The number of carbonyl (C=O) groups excluding carboxylic acids is 1. The highest BCUT2D eigenvalue weighted by Gasteiger charge is 2.40. The molecule has 0 aromatic heterocycles. The van der Waals surface area contributed by atoms with Crippen LogP contribution in [0.2, 0.25) is 0 Å². The van der Waals surface area contributed by atoms with Crippen LogP contribution < -0.4 is 4.74 Å². The van der Waals surface area contributed by atoms with Crippen LogP contribution in [0, 0.1) is 0 Å². The number of ether oxygens (including phenoxy) is 2. The monoisotopic (exact) mass is 323 g/mol. The Hall–Kier alpha value is -2.12. The smallest absolute Gasteiger partial charge is 0.335 e. The number of methoxy groups -OCH3 is 1. The van der Waals surface area contributed by atoms with Crippen molar-refractivity contribution in [3.05, 3.63) is 29.8 Å². The number of benzene rings is 1. The van der Waals surface area contributed by atoms with Gasteiger partial charge >= 0.3 is 5.97 Å². The van der Waals surface area contributed by atoms with Gasteiger partial charge in [-0.05, 0) is 18.2 Å². The van der Waals surface area contributed by atoms with E-state index in [1.807, 2.05) is 0 Å². The lowest BCUT2D eigenvalue weighted by atomic mass is 9.91. The van der Waals surface area contributed by atoms with Crippen LogP contribution in [0.5, 0.6) is 5.75 Å². The molecule has 0 bridgehead atoms. The third-order valence-corrected chi connectivity index (χ3v) is 3.91. The molecule has 0 atom stereocenters. The van der Waals surface area contributed by atoms with Gasteiger partial charge in [-0.1, -0.05) is 6.07 Å². The summed E-state index contributed by atoms with van der Waals surface area (Å²) in [5, 5.41) is 18.9. The zero-order valence-electron chi connectivity index (χ0n) is 13.0. The Morgan fingerprint density at radius 2 is 1.96 bits per heavy atom. The van der Waals surface area contributed by atoms with Crippen molar-refractivity contribution in [1.29, 1.82) is 0 Å². The molecule has 2 N–H and O–H groups in total. The molecule has 1 amide bonds. The third kappa shape index (κ3) is 4.20. The molecule has 23 heavy (non-hydrogen) atoms. The number of aliphatic hydroxyl groups is 1. The van der Waals surface area contributed by atoms with Gasteiger partial charge in [0.25, 0.3) is 5.91 Å². The minimum Gasteiger partial charge on any atom is -0.491 e. The Bertz CT molecular complexity index is 565. The van der Waals surface area contributed by atoms with Crippen molar-refractivity contribution in [2.24, 2.45) is 0 Å². The number of carboxylic acids is 1. The van der Waals surface area contributed by atoms with E-state index in [1.54, 1.807) is 36.3 Å². The Kier molecular flexibility index (Phi) is 5.57. The number of hydrogen-bond donors (Lipinski definition) is 2. The van der Waals surface area contributed by atoms with Crippen molar-refractivity contribution in [3.63, 3.8) is 0 Å². The van der Waals surface area contributed by atoms with Crippen LogP contribution in [-0.4, -0.2) is 66.0 Å². The minimum atomic E-state index is -1.73. The Morgan fingerprint density at radius 3 is 2.57 bits per heavy atom. The molecule has 0 radical (unpaired) electrons. The van der Waals surface area contributed by atoms with E-state index < -0.39 is 11.6 Å². The average molecular weight is 323 g/mol. The van der Waals surface area contributed by atoms with Crippen molar-refractivity contribution < 1.29 is 29.3 Å². The van der Waals surface area contributed by atoms with Crippen molar-refractivity contribution in [2.45, 2.75) is 18.4 Å². The number of carbonyl (C=O) groups is 2. The van der Waals surface area contributed by atoms with Crippen molar-refractivity contribution in [1.82, 2.24) is 4.90 Å². The summed E-state index contributed by atoms with van der Waals surface area (Å²) in [6, 6.07) is 6.82. The van der Waals surface area contributed by atoms with Gasteiger partial charge in [0.15, 0.2) is 5.60 Å². The van der Waals surface area contributed by atoms with Gasteiger partial charge in [0.05, 0.1) is 6.61 Å². The Morgan fingerprint density at radius 1 is 1.26 bits per heavy atom. The molecule has 7 heteroatoms. The first kappa shape index (κ1) is 17.2. The second-order valence-corrected chi connectivity index (χ2v) is 5.50. The normalized spacial score (nSPS) is 16.9. The average Bonchev–Trinajstić information content (AvgIpc) is 2.55. The van der Waals surface area contributed by atoms with E-state index in [9.17, 15) is 14.7 Å². The van der Waals surface area contributed by atoms with Gasteiger partial charge in [-0.3, -0.25) is 4.79 Å². The van der Waals surface area contributed by atoms with E-state index in [1.165, 1.54) is 0 Å². The molecule has 0 saturated carbocycles. The molecule has 2 rings (SSSR count). The fourth-order valence-electron chi connectivity index (χ4n) is 2.44. The summed E-state index contributed by atoms with van der Waals surface area (Å²) >= 11 is 0. The van der Waals surface area contributed by atoms with Crippen LogP contribution in [0.4, 0.5) is 0 Å². The third-order valence-electron chi connectivity index (χ3n) is 3.91. The molecule has 0 spiro atoms. The highest BCUT2D eigenvalue weighted by Crippen LogP contribution is 2.24. The van der Waals surface area contributed by atoms with Crippen LogP contribution in [0.3, 0.4) is 0 Å². The van der Waals surface area contributed by atoms with Gasteiger partial charge in [-0.25, -0.2) is 4.79 Å². The number of rotatable bonds is 6. The quantitative estimate of drug-likeness (QED) is 0.751. The van der Waals surface area contributed by atoms with Crippen LogP contribution >= 0.6 is 0 Å². The molecule has 1 heterocycles. The number of amides is 1. The molecule has 126 valence electrons. The largest absolute Gasteiger partial charge is 0.491 e. The van der Waals surface area contributed by atoms with E-state index in [0.29, 0.717) is 24.5 Å². The first-order chi connectivity index (χ1) is 11.0. The molecular weight excluding hydrogens is 302 g/mol. The second kappa shape index (κ2) is 7.43. The van der Waals surface area contributed by atoms with Gasteiger partial charge in [0.2, 0.25) is 0 Å². The van der Waals surface area contributed by atoms with E-state index in [0.717, 1.165) is 0 Å². The molecular formula is C16H21NO6. The lowest BCUT2D eigenvalue weighted by molar-refractivity contribution is -0.162. The van der Waals surface area contributed by atoms with E-state index in [2.05, 4.69) is 0 Å². The fourth-order valence-corrected chi connectivity index (χ4v) is 2.44. The number of hydrogen-bond acceptors (Lipinski definition) is 5.